The molecule has 0 aliphatic carbocycles. The van der Waals surface area contributed by atoms with E-state index >= 15 is 0 Å². The lowest BCUT2D eigenvalue weighted by molar-refractivity contribution is 1.07. The molecule has 248 valence electrons. The summed E-state index contributed by atoms with van der Waals surface area (Å²) in [6.07, 6.45) is 0. The highest BCUT2D eigenvalue weighted by molar-refractivity contribution is 7.26. The standard InChI is InChI=1S/C49H31N3S/c1-3-13-34(14-4-1)41-20-11-23-44-45(41)43-22-10-21-42(46(43)53-44)39-18-9-19-40(31-39)49-51-47(35-15-5-2-6-16-35)50-48(52-49)36-27-24-33(25-28-36)38-29-26-32-12-7-8-17-37(32)30-38/h1-31H. The van der Waals surface area contributed by atoms with Crippen LogP contribution in [-0.4, -0.2) is 15.0 Å². The van der Waals surface area contributed by atoms with Crippen molar-refractivity contribution in [3.63, 3.8) is 0 Å². The van der Waals surface area contributed by atoms with Crippen molar-refractivity contribution in [2.75, 3.05) is 0 Å². The number of rotatable bonds is 6. The van der Waals surface area contributed by atoms with Crippen LogP contribution in [0.2, 0.25) is 0 Å². The molecule has 4 heteroatoms. The molecule has 0 saturated heterocycles. The van der Waals surface area contributed by atoms with Crippen molar-refractivity contribution in [3.8, 4) is 67.5 Å². The number of hydrogen-bond donors (Lipinski definition) is 0. The Morgan fingerprint density at radius 3 is 1.64 bits per heavy atom. The van der Waals surface area contributed by atoms with E-state index in [0.717, 1.165) is 27.8 Å². The van der Waals surface area contributed by atoms with Crippen molar-refractivity contribution in [2.24, 2.45) is 0 Å². The molecule has 0 bridgehead atoms. The number of thiophene rings is 1. The summed E-state index contributed by atoms with van der Waals surface area (Å²) in [6.45, 7) is 0. The minimum atomic E-state index is 0.643. The van der Waals surface area contributed by atoms with Gasteiger partial charge >= 0.3 is 0 Å². The van der Waals surface area contributed by atoms with Crippen LogP contribution >= 0.6 is 11.3 Å². The molecule has 0 amide bonds. The molecule has 0 unspecified atom stereocenters. The first-order valence-corrected chi connectivity index (χ1v) is 18.6. The van der Waals surface area contributed by atoms with Gasteiger partial charge in [-0.3, -0.25) is 0 Å². The van der Waals surface area contributed by atoms with Gasteiger partial charge in [0.15, 0.2) is 17.5 Å². The van der Waals surface area contributed by atoms with Crippen LogP contribution in [0.1, 0.15) is 0 Å². The van der Waals surface area contributed by atoms with Crippen LogP contribution in [0.3, 0.4) is 0 Å². The second kappa shape index (κ2) is 13.1. The highest BCUT2D eigenvalue weighted by Gasteiger charge is 2.17. The van der Waals surface area contributed by atoms with E-state index in [4.69, 9.17) is 15.0 Å². The van der Waals surface area contributed by atoms with Crippen LogP contribution in [0.4, 0.5) is 0 Å². The molecule has 53 heavy (non-hydrogen) atoms. The van der Waals surface area contributed by atoms with Crippen LogP contribution < -0.4 is 0 Å². The summed E-state index contributed by atoms with van der Waals surface area (Å²) in [4.78, 5) is 15.2. The van der Waals surface area contributed by atoms with Crippen molar-refractivity contribution < 1.29 is 0 Å². The minimum absolute atomic E-state index is 0.643. The number of benzene rings is 8. The Balaban J connectivity index is 1.07. The summed E-state index contributed by atoms with van der Waals surface area (Å²) in [7, 11) is 0. The normalized spacial score (nSPS) is 11.4. The average Bonchev–Trinajstić information content (AvgIpc) is 3.63. The van der Waals surface area contributed by atoms with Gasteiger partial charge in [-0.2, -0.15) is 0 Å². The molecule has 0 atom stereocenters. The van der Waals surface area contributed by atoms with E-state index in [-0.39, 0.29) is 0 Å². The molecule has 3 nitrogen and oxygen atoms in total. The quantitative estimate of drug-likeness (QED) is 0.174. The number of hydrogen-bond acceptors (Lipinski definition) is 4. The van der Waals surface area contributed by atoms with Crippen LogP contribution in [0, 0.1) is 0 Å². The van der Waals surface area contributed by atoms with Gasteiger partial charge < -0.3 is 0 Å². The monoisotopic (exact) mass is 693 g/mol. The van der Waals surface area contributed by atoms with E-state index in [1.807, 2.05) is 41.7 Å². The zero-order valence-electron chi connectivity index (χ0n) is 28.6. The maximum atomic E-state index is 5.10. The Hall–Kier alpha value is -6.75. The molecule has 0 aliphatic rings. The third-order valence-electron chi connectivity index (χ3n) is 9.93. The van der Waals surface area contributed by atoms with Gasteiger partial charge in [-0.15, -0.1) is 11.3 Å². The van der Waals surface area contributed by atoms with Gasteiger partial charge in [0, 0.05) is 36.9 Å². The zero-order valence-corrected chi connectivity index (χ0v) is 29.5. The zero-order chi connectivity index (χ0) is 35.1. The smallest absolute Gasteiger partial charge is 0.164 e. The van der Waals surface area contributed by atoms with E-state index in [0.29, 0.717) is 17.5 Å². The van der Waals surface area contributed by atoms with Crippen molar-refractivity contribution in [3.05, 3.63) is 188 Å². The fourth-order valence-electron chi connectivity index (χ4n) is 7.29. The molecule has 2 aromatic heterocycles. The van der Waals surface area contributed by atoms with E-state index in [9.17, 15) is 0 Å². The molecule has 8 aromatic carbocycles. The Labute approximate surface area is 311 Å². The lowest BCUT2D eigenvalue weighted by atomic mass is 9.97. The van der Waals surface area contributed by atoms with Gasteiger partial charge in [0.25, 0.3) is 0 Å². The van der Waals surface area contributed by atoms with E-state index < -0.39 is 0 Å². The molecule has 10 aromatic rings. The second-order valence-electron chi connectivity index (χ2n) is 13.2. The molecular formula is C49H31N3S. The predicted octanol–water partition coefficient (Wildman–Crippen LogP) is 13.4. The summed E-state index contributed by atoms with van der Waals surface area (Å²) in [5.74, 6) is 1.93. The van der Waals surface area contributed by atoms with Gasteiger partial charge in [-0.05, 0) is 62.4 Å². The summed E-state index contributed by atoms with van der Waals surface area (Å²) in [5.41, 5.74) is 9.98. The Morgan fingerprint density at radius 2 is 0.868 bits per heavy atom. The Morgan fingerprint density at radius 1 is 0.321 bits per heavy atom. The molecule has 0 fully saturated rings. The topological polar surface area (TPSA) is 38.7 Å². The van der Waals surface area contributed by atoms with E-state index in [2.05, 4.69) is 158 Å². The lowest BCUT2D eigenvalue weighted by Gasteiger charge is -2.11. The van der Waals surface area contributed by atoms with E-state index in [1.165, 1.54) is 53.2 Å². The minimum Gasteiger partial charge on any atom is -0.208 e. The fraction of sp³-hybridized carbons (Fsp3) is 0. The van der Waals surface area contributed by atoms with Gasteiger partial charge in [0.2, 0.25) is 0 Å². The first-order chi connectivity index (χ1) is 26.2. The molecule has 0 radical (unpaired) electrons. The highest BCUT2D eigenvalue weighted by atomic mass is 32.1. The Bertz CT molecular complexity index is 2930. The number of aromatic nitrogens is 3. The summed E-state index contributed by atoms with van der Waals surface area (Å²) >= 11 is 1.85. The summed E-state index contributed by atoms with van der Waals surface area (Å²) < 4.78 is 2.56. The van der Waals surface area contributed by atoms with Crippen LogP contribution in [0.25, 0.3) is 98.5 Å². The van der Waals surface area contributed by atoms with Crippen LogP contribution in [0.15, 0.2) is 188 Å². The van der Waals surface area contributed by atoms with E-state index in [1.54, 1.807) is 0 Å². The van der Waals surface area contributed by atoms with Crippen molar-refractivity contribution in [2.45, 2.75) is 0 Å². The van der Waals surface area contributed by atoms with Crippen molar-refractivity contribution in [1.82, 2.24) is 15.0 Å². The molecule has 0 N–H and O–H groups in total. The molecule has 0 spiro atoms. The largest absolute Gasteiger partial charge is 0.208 e. The molecule has 0 saturated carbocycles. The summed E-state index contributed by atoms with van der Waals surface area (Å²) in [6, 6.07) is 66.3. The SMILES string of the molecule is c1ccc(-c2nc(-c3ccc(-c4ccc5ccccc5c4)cc3)nc(-c3cccc(-c4cccc5c4sc4cccc(-c6ccccc6)c45)c3)n2)cc1. The Kier molecular flexibility index (Phi) is 7.67. The van der Waals surface area contributed by atoms with Crippen molar-refractivity contribution in [1.29, 1.82) is 0 Å². The fourth-order valence-corrected chi connectivity index (χ4v) is 8.55. The molecule has 10 rings (SSSR count). The first-order valence-electron chi connectivity index (χ1n) is 17.8. The number of fused-ring (bicyclic) bond motifs is 4. The van der Waals surface area contributed by atoms with Crippen LogP contribution in [0.5, 0.6) is 0 Å². The predicted molar refractivity (Wildman–Crippen MR) is 223 cm³/mol. The number of nitrogens with zero attached hydrogens (tertiary/aromatic N) is 3. The lowest BCUT2D eigenvalue weighted by Crippen LogP contribution is -2.00. The third-order valence-corrected chi connectivity index (χ3v) is 11.1. The maximum Gasteiger partial charge on any atom is 0.164 e. The average molecular weight is 694 g/mol. The molecule has 2 heterocycles. The van der Waals surface area contributed by atoms with Crippen LogP contribution in [-0.2, 0) is 0 Å². The van der Waals surface area contributed by atoms with Gasteiger partial charge in [-0.25, -0.2) is 15.0 Å². The second-order valence-corrected chi connectivity index (χ2v) is 14.3. The molecule has 0 aliphatic heterocycles. The molecular weight excluding hydrogens is 663 g/mol. The van der Waals surface area contributed by atoms with Crippen molar-refractivity contribution >= 4 is 42.3 Å². The van der Waals surface area contributed by atoms with Gasteiger partial charge in [-0.1, -0.05) is 170 Å². The first kappa shape index (κ1) is 31.0. The van der Waals surface area contributed by atoms with Gasteiger partial charge in [0.05, 0.1) is 0 Å². The van der Waals surface area contributed by atoms with Gasteiger partial charge in [0.1, 0.15) is 0 Å². The summed E-state index contributed by atoms with van der Waals surface area (Å²) in [5, 5.41) is 5.04. The highest BCUT2D eigenvalue weighted by Crippen LogP contribution is 2.44. The maximum absolute atomic E-state index is 5.10. The third kappa shape index (κ3) is 5.76.